The molecule has 1 unspecified atom stereocenters. The van der Waals surface area contributed by atoms with Gasteiger partial charge in [-0.05, 0) is 25.7 Å². The van der Waals surface area contributed by atoms with Crippen molar-refractivity contribution >= 4 is 0 Å². The molecule has 0 amide bonds. The molecule has 1 atom stereocenters. The highest BCUT2D eigenvalue weighted by Crippen LogP contribution is 2.37. The Bertz CT molecular complexity index is 162. The first kappa shape index (κ1) is 12.0. The second-order valence-electron chi connectivity index (χ2n) is 5.28. The van der Waals surface area contributed by atoms with Crippen LogP contribution in [0.25, 0.3) is 0 Å². The SMILES string of the molecule is CC(C)C(C)NCC1(CO)CCCC1. The Labute approximate surface area is 88.1 Å². The third kappa shape index (κ3) is 2.96. The third-order valence-corrected chi connectivity index (χ3v) is 3.80. The van der Waals surface area contributed by atoms with Crippen LogP contribution >= 0.6 is 0 Å². The van der Waals surface area contributed by atoms with Crippen LogP contribution in [0.5, 0.6) is 0 Å². The molecule has 1 saturated carbocycles. The van der Waals surface area contributed by atoms with E-state index in [-0.39, 0.29) is 5.41 Å². The van der Waals surface area contributed by atoms with Gasteiger partial charge in [0, 0.05) is 24.6 Å². The summed E-state index contributed by atoms with van der Waals surface area (Å²) in [6.45, 7) is 8.04. The average molecular weight is 199 g/mol. The first-order valence-electron chi connectivity index (χ1n) is 5.94. The number of aliphatic hydroxyl groups is 1. The molecule has 2 N–H and O–H groups in total. The Morgan fingerprint density at radius 2 is 1.79 bits per heavy atom. The first-order valence-corrected chi connectivity index (χ1v) is 5.94. The van der Waals surface area contributed by atoms with Crippen LogP contribution in [0.4, 0.5) is 0 Å². The van der Waals surface area contributed by atoms with Crippen LogP contribution in [0.15, 0.2) is 0 Å². The molecule has 2 heteroatoms. The Kier molecular flexibility index (Phi) is 4.39. The summed E-state index contributed by atoms with van der Waals surface area (Å²) < 4.78 is 0. The van der Waals surface area contributed by atoms with E-state index in [1.807, 2.05) is 0 Å². The van der Waals surface area contributed by atoms with Crippen molar-refractivity contribution in [3.05, 3.63) is 0 Å². The van der Waals surface area contributed by atoms with Gasteiger partial charge in [-0.25, -0.2) is 0 Å². The molecule has 0 aromatic carbocycles. The van der Waals surface area contributed by atoms with Gasteiger partial charge in [0.1, 0.15) is 0 Å². The minimum absolute atomic E-state index is 0.198. The summed E-state index contributed by atoms with van der Waals surface area (Å²) in [4.78, 5) is 0. The summed E-state index contributed by atoms with van der Waals surface area (Å²) in [7, 11) is 0. The second-order valence-corrected chi connectivity index (χ2v) is 5.28. The number of hydrogen-bond acceptors (Lipinski definition) is 2. The molecule has 0 aromatic rings. The lowest BCUT2D eigenvalue weighted by atomic mass is 9.86. The maximum atomic E-state index is 9.43. The van der Waals surface area contributed by atoms with Gasteiger partial charge < -0.3 is 10.4 Å². The molecule has 0 bridgehead atoms. The van der Waals surface area contributed by atoms with E-state index in [0.29, 0.717) is 18.6 Å². The van der Waals surface area contributed by atoms with Crippen LogP contribution in [0.3, 0.4) is 0 Å². The summed E-state index contributed by atoms with van der Waals surface area (Å²) in [6, 6.07) is 0.555. The van der Waals surface area contributed by atoms with Crippen LogP contribution in [0.1, 0.15) is 46.5 Å². The number of nitrogens with one attached hydrogen (secondary N) is 1. The van der Waals surface area contributed by atoms with Crippen molar-refractivity contribution in [2.24, 2.45) is 11.3 Å². The Balaban J connectivity index is 2.34. The molecule has 0 saturated heterocycles. The fourth-order valence-electron chi connectivity index (χ4n) is 2.13. The van der Waals surface area contributed by atoms with E-state index >= 15 is 0 Å². The Morgan fingerprint density at radius 1 is 1.21 bits per heavy atom. The molecule has 1 aliphatic carbocycles. The van der Waals surface area contributed by atoms with Crippen molar-refractivity contribution < 1.29 is 5.11 Å². The number of rotatable bonds is 5. The van der Waals surface area contributed by atoms with Crippen molar-refractivity contribution in [3.63, 3.8) is 0 Å². The number of hydrogen-bond donors (Lipinski definition) is 2. The van der Waals surface area contributed by atoms with Crippen LogP contribution in [-0.4, -0.2) is 24.3 Å². The quantitative estimate of drug-likeness (QED) is 0.711. The van der Waals surface area contributed by atoms with Gasteiger partial charge in [-0.3, -0.25) is 0 Å². The van der Waals surface area contributed by atoms with Crippen LogP contribution in [0, 0.1) is 11.3 Å². The highest BCUT2D eigenvalue weighted by molar-refractivity contribution is 4.87. The van der Waals surface area contributed by atoms with Crippen molar-refractivity contribution in [1.82, 2.24) is 5.32 Å². The summed E-state index contributed by atoms with van der Waals surface area (Å²) in [5.74, 6) is 0.673. The minimum atomic E-state index is 0.198. The predicted octanol–water partition coefficient (Wildman–Crippen LogP) is 2.17. The van der Waals surface area contributed by atoms with Gasteiger partial charge in [-0.15, -0.1) is 0 Å². The van der Waals surface area contributed by atoms with Crippen molar-refractivity contribution in [1.29, 1.82) is 0 Å². The van der Waals surface area contributed by atoms with E-state index in [1.165, 1.54) is 25.7 Å². The lowest BCUT2D eigenvalue weighted by Gasteiger charge is -2.29. The maximum absolute atomic E-state index is 9.43. The smallest absolute Gasteiger partial charge is 0.0499 e. The average Bonchev–Trinajstić information content (AvgIpc) is 2.63. The molecule has 1 aliphatic rings. The molecule has 0 radical (unpaired) electrons. The number of aliphatic hydroxyl groups excluding tert-OH is 1. The van der Waals surface area contributed by atoms with Gasteiger partial charge in [0.15, 0.2) is 0 Å². The van der Waals surface area contributed by atoms with Gasteiger partial charge in [0.25, 0.3) is 0 Å². The van der Waals surface area contributed by atoms with E-state index in [9.17, 15) is 5.11 Å². The van der Waals surface area contributed by atoms with Crippen molar-refractivity contribution in [3.8, 4) is 0 Å². The van der Waals surface area contributed by atoms with Gasteiger partial charge in [0.05, 0.1) is 0 Å². The zero-order chi connectivity index (χ0) is 10.6. The van der Waals surface area contributed by atoms with E-state index in [0.717, 1.165) is 6.54 Å². The standard InChI is InChI=1S/C12H25NO/c1-10(2)11(3)13-8-12(9-14)6-4-5-7-12/h10-11,13-14H,4-9H2,1-3H3. The highest BCUT2D eigenvalue weighted by atomic mass is 16.3. The molecule has 14 heavy (non-hydrogen) atoms. The van der Waals surface area contributed by atoms with Crippen molar-refractivity contribution in [2.75, 3.05) is 13.2 Å². The van der Waals surface area contributed by atoms with Crippen LogP contribution in [0.2, 0.25) is 0 Å². The van der Waals surface area contributed by atoms with E-state index in [1.54, 1.807) is 0 Å². The molecular weight excluding hydrogens is 174 g/mol. The largest absolute Gasteiger partial charge is 0.396 e. The molecule has 0 aliphatic heterocycles. The Morgan fingerprint density at radius 3 is 2.21 bits per heavy atom. The normalized spacial score (nSPS) is 22.9. The first-order chi connectivity index (χ1) is 6.59. The van der Waals surface area contributed by atoms with Gasteiger partial charge in [0.2, 0.25) is 0 Å². The topological polar surface area (TPSA) is 32.3 Å². The molecule has 0 heterocycles. The fraction of sp³-hybridized carbons (Fsp3) is 1.00. The predicted molar refractivity (Wildman–Crippen MR) is 60.3 cm³/mol. The molecule has 0 aromatic heterocycles. The highest BCUT2D eigenvalue weighted by Gasteiger charge is 2.33. The molecule has 0 spiro atoms. The molecule has 2 nitrogen and oxygen atoms in total. The monoisotopic (exact) mass is 199 g/mol. The fourth-order valence-corrected chi connectivity index (χ4v) is 2.13. The lowest BCUT2D eigenvalue weighted by molar-refractivity contribution is 0.123. The zero-order valence-corrected chi connectivity index (χ0v) is 9.84. The molecule has 1 fully saturated rings. The third-order valence-electron chi connectivity index (χ3n) is 3.80. The van der Waals surface area contributed by atoms with Gasteiger partial charge in [-0.2, -0.15) is 0 Å². The summed E-state index contributed by atoms with van der Waals surface area (Å²) in [6.07, 6.45) is 4.97. The minimum Gasteiger partial charge on any atom is -0.396 e. The van der Waals surface area contributed by atoms with Crippen molar-refractivity contribution in [2.45, 2.75) is 52.5 Å². The van der Waals surface area contributed by atoms with Crippen LogP contribution in [-0.2, 0) is 0 Å². The van der Waals surface area contributed by atoms with Gasteiger partial charge >= 0.3 is 0 Å². The second kappa shape index (κ2) is 5.13. The zero-order valence-electron chi connectivity index (χ0n) is 9.84. The maximum Gasteiger partial charge on any atom is 0.0499 e. The van der Waals surface area contributed by atoms with Crippen LogP contribution < -0.4 is 5.32 Å². The van der Waals surface area contributed by atoms with E-state index < -0.39 is 0 Å². The lowest BCUT2D eigenvalue weighted by Crippen LogP contribution is -2.41. The summed E-state index contributed by atoms with van der Waals surface area (Å²) in [5.41, 5.74) is 0.198. The van der Waals surface area contributed by atoms with E-state index in [4.69, 9.17) is 0 Å². The Hall–Kier alpha value is -0.0800. The summed E-state index contributed by atoms with van der Waals surface area (Å²) in [5, 5.41) is 13.0. The summed E-state index contributed by atoms with van der Waals surface area (Å²) >= 11 is 0. The molecule has 1 rings (SSSR count). The molecule has 84 valence electrons. The molecular formula is C12H25NO. The van der Waals surface area contributed by atoms with E-state index in [2.05, 4.69) is 26.1 Å². The van der Waals surface area contributed by atoms with Gasteiger partial charge in [-0.1, -0.05) is 26.7 Å².